The van der Waals surface area contributed by atoms with Crippen LogP contribution in [-0.2, 0) is 11.2 Å². The van der Waals surface area contributed by atoms with Gasteiger partial charge in [0.25, 0.3) is 0 Å². The summed E-state index contributed by atoms with van der Waals surface area (Å²) in [5.74, 6) is 0.661. The van der Waals surface area contributed by atoms with Gasteiger partial charge in [0.2, 0.25) is 0 Å². The largest absolute Gasteiger partial charge is 0.508 e. The van der Waals surface area contributed by atoms with Crippen LogP contribution in [0.3, 0.4) is 0 Å². The van der Waals surface area contributed by atoms with Crippen LogP contribution in [0.2, 0.25) is 0 Å². The molecule has 4 heteroatoms. The maximum absolute atomic E-state index is 9.88. The minimum Gasteiger partial charge on any atom is -0.508 e. The lowest BCUT2D eigenvalue weighted by atomic mass is 9.92. The van der Waals surface area contributed by atoms with Gasteiger partial charge < -0.3 is 19.7 Å². The summed E-state index contributed by atoms with van der Waals surface area (Å²) in [5.41, 5.74) is 2.34. The van der Waals surface area contributed by atoms with E-state index >= 15 is 0 Å². The molecule has 2 N–H and O–H groups in total. The van der Waals surface area contributed by atoms with E-state index in [2.05, 4.69) is 0 Å². The summed E-state index contributed by atoms with van der Waals surface area (Å²) in [6, 6.07) is 1.51. The standard InChI is InChI=1S/C12H16O4/c1-6-4-8-7(2)9(13)5-10(15-3)11(8)12(14)16-6/h5-6,12-14H,4H2,1-3H3/t6-,12+/m0/s1. The van der Waals surface area contributed by atoms with Gasteiger partial charge in [-0.15, -0.1) is 0 Å². The number of phenolic OH excluding ortho intramolecular Hbond substituents is 1. The minimum atomic E-state index is -0.979. The quantitative estimate of drug-likeness (QED) is 0.761. The molecule has 0 radical (unpaired) electrons. The molecule has 1 aliphatic rings. The lowest BCUT2D eigenvalue weighted by molar-refractivity contribution is -0.144. The number of hydrogen-bond acceptors (Lipinski definition) is 4. The highest BCUT2D eigenvalue weighted by Gasteiger charge is 2.29. The van der Waals surface area contributed by atoms with Crippen molar-refractivity contribution in [3.05, 3.63) is 22.8 Å². The first-order chi connectivity index (χ1) is 7.54. The first-order valence-electron chi connectivity index (χ1n) is 5.27. The molecule has 0 aliphatic carbocycles. The number of aliphatic hydroxyl groups excluding tert-OH is 1. The van der Waals surface area contributed by atoms with Crippen LogP contribution in [0.25, 0.3) is 0 Å². The highest BCUT2D eigenvalue weighted by Crippen LogP contribution is 2.40. The second-order valence-corrected chi connectivity index (χ2v) is 4.12. The molecule has 0 fully saturated rings. The number of aromatic hydroxyl groups is 1. The zero-order chi connectivity index (χ0) is 11.9. The van der Waals surface area contributed by atoms with E-state index in [1.165, 1.54) is 13.2 Å². The van der Waals surface area contributed by atoms with E-state index < -0.39 is 6.29 Å². The molecule has 1 aliphatic heterocycles. The van der Waals surface area contributed by atoms with E-state index in [1.807, 2.05) is 13.8 Å². The molecular weight excluding hydrogens is 208 g/mol. The first-order valence-corrected chi connectivity index (χ1v) is 5.27. The minimum absolute atomic E-state index is 0.0623. The Labute approximate surface area is 94.4 Å². The number of methoxy groups -OCH3 is 1. The van der Waals surface area contributed by atoms with Crippen LogP contribution in [0.4, 0.5) is 0 Å². The lowest BCUT2D eigenvalue weighted by Crippen LogP contribution is -2.25. The van der Waals surface area contributed by atoms with E-state index in [0.29, 0.717) is 17.7 Å². The summed E-state index contributed by atoms with van der Waals surface area (Å²) in [7, 11) is 1.51. The molecule has 0 saturated carbocycles. The highest BCUT2D eigenvalue weighted by molar-refractivity contribution is 5.53. The number of rotatable bonds is 1. The highest BCUT2D eigenvalue weighted by atomic mass is 16.6. The van der Waals surface area contributed by atoms with Crippen LogP contribution < -0.4 is 4.74 Å². The van der Waals surface area contributed by atoms with E-state index in [1.54, 1.807) is 0 Å². The van der Waals surface area contributed by atoms with Crippen molar-refractivity contribution in [1.82, 2.24) is 0 Å². The second kappa shape index (κ2) is 3.96. The van der Waals surface area contributed by atoms with Gasteiger partial charge in [-0.3, -0.25) is 0 Å². The van der Waals surface area contributed by atoms with Crippen molar-refractivity contribution in [2.24, 2.45) is 0 Å². The van der Waals surface area contributed by atoms with Crippen LogP contribution in [0.15, 0.2) is 6.07 Å². The van der Waals surface area contributed by atoms with Gasteiger partial charge >= 0.3 is 0 Å². The topological polar surface area (TPSA) is 58.9 Å². The smallest absolute Gasteiger partial charge is 0.185 e. The van der Waals surface area contributed by atoms with E-state index in [4.69, 9.17) is 9.47 Å². The van der Waals surface area contributed by atoms with Gasteiger partial charge in [0, 0.05) is 6.07 Å². The Kier molecular flexibility index (Phi) is 2.78. The summed E-state index contributed by atoms with van der Waals surface area (Å²) < 4.78 is 10.5. The van der Waals surface area contributed by atoms with Crippen molar-refractivity contribution >= 4 is 0 Å². The van der Waals surface area contributed by atoms with Crippen LogP contribution >= 0.6 is 0 Å². The first kappa shape index (κ1) is 11.2. The molecule has 2 rings (SSSR count). The maximum Gasteiger partial charge on any atom is 0.185 e. The fourth-order valence-corrected chi connectivity index (χ4v) is 2.14. The van der Waals surface area contributed by atoms with Crippen molar-refractivity contribution in [3.8, 4) is 11.5 Å². The molecule has 0 saturated heterocycles. The zero-order valence-corrected chi connectivity index (χ0v) is 9.65. The zero-order valence-electron chi connectivity index (χ0n) is 9.65. The van der Waals surface area contributed by atoms with Gasteiger partial charge in [0.1, 0.15) is 11.5 Å². The number of aliphatic hydroxyl groups is 1. The predicted molar refractivity (Wildman–Crippen MR) is 58.6 cm³/mol. The monoisotopic (exact) mass is 224 g/mol. The summed E-state index contributed by atoms with van der Waals surface area (Å²) in [5, 5.41) is 19.6. The van der Waals surface area contributed by atoms with Crippen LogP contribution in [-0.4, -0.2) is 23.4 Å². The third-order valence-corrected chi connectivity index (χ3v) is 3.01. The average Bonchev–Trinajstić information content (AvgIpc) is 2.23. The number of fused-ring (bicyclic) bond motifs is 1. The molecular formula is C12H16O4. The molecule has 88 valence electrons. The van der Waals surface area contributed by atoms with E-state index in [0.717, 1.165) is 11.1 Å². The molecule has 0 aromatic heterocycles. The third-order valence-electron chi connectivity index (χ3n) is 3.01. The Morgan fingerprint density at radius 1 is 1.50 bits per heavy atom. The normalized spacial score (nSPS) is 24.0. The Morgan fingerprint density at radius 3 is 2.81 bits per heavy atom. The average molecular weight is 224 g/mol. The summed E-state index contributed by atoms with van der Waals surface area (Å²) in [4.78, 5) is 0. The molecule has 0 bridgehead atoms. The van der Waals surface area contributed by atoms with E-state index in [-0.39, 0.29) is 11.9 Å². The molecule has 16 heavy (non-hydrogen) atoms. The van der Waals surface area contributed by atoms with Crippen LogP contribution in [0.1, 0.15) is 29.9 Å². The number of ether oxygens (including phenoxy) is 2. The van der Waals surface area contributed by atoms with Crippen molar-refractivity contribution in [2.75, 3.05) is 7.11 Å². The van der Waals surface area contributed by atoms with Gasteiger partial charge in [-0.2, -0.15) is 0 Å². The molecule has 1 heterocycles. The number of phenols is 1. The molecule has 0 spiro atoms. The molecule has 2 atom stereocenters. The predicted octanol–water partition coefficient (Wildman–Crippen LogP) is 1.66. The SMILES string of the molecule is COc1cc(O)c(C)c2c1[C@H](O)O[C@@H](C)C2. The van der Waals surface area contributed by atoms with Gasteiger partial charge in [-0.1, -0.05) is 0 Å². The van der Waals surface area contributed by atoms with Gasteiger partial charge in [-0.05, 0) is 31.4 Å². The summed E-state index contributed by atoms with van der Waals surface area (Å²) in [6.45, 7) is 3.72. The fraction of sp³-hybridized carbons (Fsp3) is 0.500. The van der Waals surface area contributed by atoms with Gasteiger partial charge in [0.15, 0.2) is 6.29 Å². The van der Waals surface area contributed by atoms with Crippen molar-refractivity contribution in [2.45, 2.75) is 32.7 Å². The summed E-state index contributed by atoms with van der Waals surface area (Å²) >= 11 is 0. The van der Waals surface area contributed by atoms with Crippen molar-refractivity contribution in [1.29, 1.82) is 0 Å². The lowest BCUT2D eigenvalue weighted by Gasteiger charge is -2.30. The van der Waals surface area contributed by atoms with Gasteiger partial charge in [0.05, 0.1) is 18.8 Å². The van der Waals surface area contributed by atoms with Crippen molar-refractivity contribution in [3.63, 3.8) is 0 Å². The Balaban J connectivity index is 2.63. The maximum atomic E-state index is 9.88. The molecule has 1 aromatic rings. The molecule has 0 unspecified atom stereocenters. The third kappa shape index (κ3) is 1.64. The second-order valence-electron chi connectivity index (χ2n) is 4.12. The van der Waals surface area contributed by atoms with E-state index in [9.17, 15) is 10.2 Å². The summed E-state index contributed by atoms with van der Waals surface area (Å²) in [6.07, 6.45) is -0.371. The molecule has 0 amide bonds. The fourth-order valence-electron chi connectivity index (χ4n) is 2.14. The Morgan fingerprint density at radius 2 is 2.19 bits per heavy atom. The number of benzene rings is 1. The Bertz CT molecular complexity index is 414. The Hall–Kier alpha value is -1.26. The van der Waals surface area contributed by atoms with Gasteiger partial charge in [-0.25, -0.2) is 0 Å². The molecule has 1 aromatic carbocycles. The number of hydrogen-bond donors (Lipinski definition) is 2. The van der Waals surface area contributed by atoms with Crippen molar-refractivity contribution < 1.29 is 19.7 Å². The molecule has 4 nitrogen and oxygen atoms in total. The van der Waals surface area contributed by atoms with Crippen LogP contribution in [0.5, 0.6) is 11.5 Å². The van der Waals surface area contributed by atoms with Crippen LogP contribution in [0, 0.1) is 6.92 Å².